The van der Waals surface area contributed by atoms with Gasteiger partial charge >= 0.3 is 0 Å². The Morgan fingerprint density at radius 1 is 1.44 bits per heavy atom. The van der Waals surface area contributed by atoms with Gasteiger partial charge in [-0.2, -0.15) is 0 Å². The summed E-state index contributed by atoms with van der Waals surface area (Å²) in [6.45, 7) is 3.68. The number of hydrogen-bond acceptors (Lipinski definition) is 3. The minimum atomic E-state index is 0.491. The monoisotopic (exact) mass is 132 g/mol. The molecule has 0 bridgehead atoms. The van der Waals surface area contributed by atoms with Crippen LogP contribution in [0.25, 0.3) is 0 Å². The molecule has 0 spiro atoms. The smallest absolute Gasteiger partial charge is 0.117 e. The highest BCUT2D eigenvalue weighted by Crippen LogP contribution is 1.77. The SMILES string of the molecule is CCOCCOC=CO. The maximum Gasteiger partial charge on any atom is 0.117 e. The lowest BCUT2D eigenvalue weighted by Gasteiger charge is -1.98. The Morgan fingerprint density at radius 2 is 2.22 bits per heavy atom. The molecule has 0 amide bonds. The van der Waals surface area contributed by atoms with E-state index in [0.717, 1.165) is 6.26 Å². The first kappa shape index (κ1) is 8.30. The molecule has 0 fully saturated rings. The van der Waals surface area contributed by atoms with Gasteiger partial charge in [0.1, 0.15) is 19.1 Å². The van der Waals surface area contributed by atoms with Gasteiger partial charge in [0, 0.05) is 6.61 Å². The highest BCUT2D eigenvalue weighted by Gasteiger charge is 1.80. The van der Waals surface area contributed by atoms with E-state index in [2.05, 4.69) is 0 Å². The van der Waals surface area contributed by atoms with Crippen LogP contribution < -0.4 is 0 Å². The van der Waals surface area contributed by atoms with Crippen LogP contribution in [0.3, 0.4) is 0 Å². The van der Waals surface area contributed by atoms with Crippen LogP contribution in [0.4, 0.5) is 0 Å². The zero-order valence-corrected chi connectivity index (χ0v) is 5.54. The summed E-state index contributed by atoms with van der Waals surface area (Å²) in [7, 11) is 0. The third-order valence-electron chi connectivity index (χ3n) is 0.707. The van der Waals surface area contributed by atoms with Crippen molar-refractivity contribution in [3.63, 3.8) is 0 Å². The van der Waals surface area contributed by atoms with E-state index in [-0.39, 0.29) is 0 Å². The fourth-order valence-electron chi connectivity index (χ4n) is 0.362. The largest absolute Gasteiger partial charge is 0.512 e. The van der Waals surface area contributed by atoms with Crippen molar-refractivity contribution in [1.29, 1.82) is 0 Å². The molecule has 54 valence electrons. The molecule has 0 aromatic carbocycles. The van der Waals surface area contributed by atoms with Crippen molar-refractivity contribution >= 4 is 0 Å². The van der Waals surface area contributed by atoms with Crippen LogP contribution in [0.15, 0.2) is 12.5 Å². The van der Waals surface area contributed by atoms with Crippen LogP contribution in [0.5, 0.6) is 0 Å². The molecule has 0 aromatic heterocycles. The first-order chi connectivity index (χ1) is 4.41. The second-order valence-corrected chi connectivity index (χ2v) is 1.35. The molecule has 3 nitrogen and oxygen atoms in total. The van der Waals surface area contributed by atoms with Gasteiger partial charge in [-0.25, -0.2) is 0 Å². The van der Waals surface area contributed by atoms with E-state index >= 15 is 0 Å². The molecular weight excluding hydrogens is 120 g/mol. The van der Waals surface area contributed by atoms with Crippen LogP contribution in [0, 0.1) is 0 Å². The maximum atomic E-state index is 8.08. The predicted molar refractivity (Wildman–Crippen MR) is 34.2 cm³/mol. The molecule has 0 saturated carbocycles. The molecule has 1 N–H and O–H groups in total. The summed E-state index contributed by atoms with van der Waals surface area (Å²) in [5, 5.41) is 8.08. The molecular formula is C6H12O3. The van der Waals surface area contributed by atoms with Crippen molar-refractivity contribution in [2.45, 2.75) is 6.92 Å². The lowest BCUT2D eigenvalue weighted by atomic mass is 10.7. The minimum Gasteiger partial charge on any atom is -0.512 e. The Hall–Kier alpha value is -0.700. The van der Waals surface area contributed by atoms with Crippen molar-refractivity contribution in [2.24, 2.45) is 0 Å². The Balaban J connectivity index is 2.75. The number of rotatable bonds is 5. The molecule has 9 heavy (non-hydrogen) atoms. The average Bonchev–Trinajstić information content (AvgIpc) is 1.89. The summed E-state index contributed by atoms with van der Waals surface area (Å²) < 4.78 is 9.67. The van der Waals surface area contributed by atoms with Gasteiger partial charge in [0.2, 0.25) is 0 Å². The molecule has 0 heterocycles. The van der Waals surface area contributed by atoms with Crippen molar-refractivity contribution < 1.29 is 14.6 Å². The van der Waals surface area contributed by atoms with E-state index in [4.69, 9.17) is 14.6 Å². The summed E-state index contributed by atoms with van der Waals surface area (Å²) in [5.74, 6) is 0. The lowest BCUT2D eigenvalue weighted by Crippen LogP contribution is -1.99. The van der Waals surface area contributed by atoms with Gasteiger partial charge in [-0.1, -0.05) is 0 Å². The van der Waals surface area contributed by atoms with E-state index in [1.54, 1.807) is 0 Å². The van der Waals surface area contributed by atoms with Crippen molar-refractivity contribution in [3.8, 4) is 0 Å². The molecule has 0 radical (unpaired) electrons. The normalized spacial score (nSPS) is 10.3. The van der Waals surface area contributed by atoms with E-state index in [1.807, 2.05) is 6.92 Å². The van der Waals surface area contributed by atoms with Crippen LogP contribution in [-0.2, 0) is 9.47 Å². The summed E-state index contributed by atoms with van der Waals surface area (Å²) >= 11 is 0. The van der Waals surface area contributed by atoms with Gasteiger partial charge in [0.15, 0.2) is 0 Å². The number of aliphatic hydroxyl groups is 1. The number of hydrogen-bond donors (Lipinski definition) is 1. The first-order valence-corrected chi connectivity index (χ1v) is 2.90. The standard InChI is InChI=1S/C6H12O3/c1-2-8-5-6-9-4-3-7/h3-4,7H,2,5-6H2,1H3. The van der Waals surface area contributed by atoms with Crippen molar-refractivity contribution in [3.05, 3.63) is 12.5 Å². The number of aliphatic hydroxyl groups excluding tert-OH is 1. The Morgan fingerprint density at radius 3 is 2.78 bits per heavy atom. The van der Waals surface area contributed by atoms with E-state index in [1.165, 1.54) is 6.26 Å². The second kappa shape index (κ2) is 7.30. The van der Waals surface area contributed by atoms with Gasteiger partial charge in [-0.3, -0.25) is 0 Å². The number of ether oxygens (including phenoxy) is 2. The van der Waals surface area contributed by atoms with E-state index < -0.39 is 0 Å². The predicted octanol–water partition coefficient (Wildman–Crippen LogP) is 1.07. The van der Waals surface area contributed by atoms with Crippen molar-refractivity contribution in [1.82, 2.24) is 0 Å². The molecule has 0 atom stereocenters. The van der Waals surface area contributed by atoms with Crippen LogP contribution in [-0.4, -0.2) is 24.9 Å². The first-order valence-electron chi connectivity index (χ1n) is 2.90. The fraction of sp³-hybridized carbons (Fsp3) is 0.667. The van der Waals surface area contributed by atoms with Gasteiger partial charge in [-0.05, 0) is 6.92 Å². The summed E-state index contributed by atoms with van der Waals surface area (Å²) in [6.07, 6.45) is 2.07. The van der Waals surface area contributed by atoms with Gasteiger partial charge in [-0.15, -0.1) is 0 Å². The molecule has 0 aliphatic heterocycles. The molecule has 0 aliphatic carbocycles. The van der Waals surface area contributed by atoms with Crippen molar-refractivity contribution in [2.75, 3.05) is 19.8 Å². The lowest BCUT2D eigenvalue weighted by molar-refractivity contribution is 0.0917. The van der Waals surface area contributed by atoms with E-state index in [0.29, 0.717) is 19.8 Å². The van der Waals surface area contributed by atoms with Crippen LogP contribution >= 0.6 is 0 Å². The van der Waals surface area contributed by atoms with Crippen LogP contribution in [0.1, 0.15) is 6.92 Å². The van der Waals surface area contributed by atoms with Crippen LogP contribution in [0.2, 0.25) is 0 Å². The third-order valence-corrected chi connectivity index (χ3v) is 0.707. The highest BCUT2D eigenvalue weighted by molar-refractivity contribution is 4.55. The Bertz CT molecular complexity index is 70.7. The quantitative estimate of drug-likeness (QED) is 0.449. The molecule has 0 saturated heterocycles. The second-order valence-electron chi connectivity index (χ2n) is 1.35. The van der Waals surface area contributed by atoms with Gasteiger partial charge < -0.3 is 14.6 Å². The summed E-state index contributed by atoms with van der Waals surface area (Å²) in [5.41, 5.74) is 0. The molecule has 0 rings (SSSR count). The zero-order valence-electron chi connectivity index (χ0n) is 5.54. The summed E-state index contributed by atoms with van der Waals surface area (Å²) in [6, 6.07) is 0. The molecule has 0 unspecified atom stereocenters. The third kappa shape index (κ3) is 7.30. The van der Waals surface area contributed by atoms with Gasteiger partial charge in [0.05, 0.1) is 6.61 Å². The molecule has 0 aliphatic rings. The summed E-state index contributed by atoms with van der Waals surface area (Å²) in [4.78, 5) is 0. The Kier molecular flexibility index (Phi) is 6.73. The fourth-order valence-corrected chi connectivity index (χ4v) is 0.362. The van der Waals surface area contributed by atoms with Gasteiger partial charge in [0.25, 0.3) is 0 Å². The average molecular weight is 132 g/mol. The highest BCUT2D eigenvalue weighted by atomic mass is 16.5. The van der Waals surface area contributed by atoms with E-state index in [9.17, 15) is 0 Å². The zero-order chi connectivity index (χ0) is 6.95. The Labute approximate surface area is 54.9 Å². The molecule has 3 heteroatoms. The molecule has 0 aromatic rings. The topological polar surface area (TPSA) is 38.7 Å². The maximum absolute atomic E-state index is 8.08. The minimum absolute atomic E-state index is 0.491.